The third-order valence-corrected chi connectivity index (χ3v) is 6.45. The van der Waals surface area contributed by atoms with Gasteiger partial charge in [-0.1, -0.05) is 31.4 Å². The van der Waals surface area contributed by atoms with Gasteiger partial charge in [0.15, 0.2) is 6.10 Å². The molecule has 33 heavy (non-hydrogen) atoms. The van der Waals surface area contributed by atoms with Gasteiger partial charge in [-0.05, 0) is 31.0 Å². The number of anilines is 1. The minimum absolute atomic E-state index is 0.161. The Kier molecular flexibility index (Phi) is 6.37. The maximum Gasteiger partial charge on any atom is 0.407 e. The number of benzene rings is 1. The molecule has 3 fully saturated rings. The van der Waals surface area contributed by atoms with Crippen molar-refractivity contribution in [3.63, 3.8) is 0 Å². The van der Waals surface area contributed by atoms with E-state index in [0.717, 1.165) is 31.2 Å². The summed E-state index contributed by atoms with van der Waals surface area (Å²) in [5.41, 5.74) is 2.13. The van der Waals surface area contributed by atoms with Crippen LogP contribution < -0.4 is 10.6 Å². The molecule has 1 saturated carbocycles. The van der Waals surface area contributed by atoms with Gasteiger partial charge in [0.25, 0.3) is 0 Å². The molecule has 0 bridgehead atoms. The van der Waals surface area contributed by atoms with Crippen molar-refractivity contribution in [3.05, 3.63) is 42.1 Å². The molecule has 4 atom stereocenters. The molecule has 9 nitrogen and oxygen atoms in total. The fourth-order valence-corrected chi connectivity index (χ4v) is 4.78. The summed E-state index contributed by atoms with van der Waals surface area (Å²) in [5.74, 6) is 0.451. The zero-order valence-corrected chi connectivity index (χ0v) is 18.3. The van der Waals surface area contributed by atoms with Crippen molar-refractivity contribution in [1.29, 1.82) is 5.26 Å². The van der Waals surface area contributed by atoms with Gasteiger partial charge in [0.05, 0.1) is 36.6 Å². The summed E-state index contributed by atoms with van der Waals surface area (Å²) in [6, 6.07) is 11.3. The lowest BCUT2D eigenvalue weighted by Crippen LogP contribution is -2.42. The summed E-state index contributed by atoms with van der Waals surface area (Å²) >= 11 is 0. The minimum Gasteiger partial charge on any atom is -0.441 e. The normalized spacial score (nSPS) is 26.9. The molecule has 172 valence electrons. The van der Waals surface area contributed by atoms with Crippen LogP contribution in [0, 0.1) is 11.3 Å². The topological polar surface area (TPSA) is 118 Å². The van der Waals surface area contributed by atoms with Crippen LogP contribution in [0.15, 0.2) is 36.5 Å². The van der Waals surface area contributed by atoms with E-state index in [9.17, 15) is 4.79 Å². The van der Waals surface area contributed by atoms with E-state index in [1.807, 2.05) is 12.1 Å². The molecule has 2 N–H and O–H groups in total. The van der Waals surface area contributed by atoms with Crippen LogP contribution in [0.1, 0.15) is 37.7 Å². The second kappa shape index (κ2) is 9.73. The van der Waals surface area contributed by atoms with Gasteiger partial charge in [-0.2, -0.15) is 5.26 Å². The Morgan fingerprint density at radius 2 is 1.97 bits per heavy atom. The highest BCUT2D eigenvalue weighted by molar-refractivity contribution is 5.68. The Bertz CT molecular complexity index is 1040. The van der Waals surface area contributed by atoms with Crippen molar-refractivity contribution in [2.75, 3.05) is 18.5 Å². The Balaban J connectivity index is 1.19. The van der Waals surface area contributed by atoms with E-state index in [4.69, 9.17) is 19.5 Å². The van der Waals surface area contributed by atoms with Crippen molar-refractivity contribution < 1.29 is 19.0 Å². The fraction of sp³-hybridized carbons (Fsp3) is 0.500. The van der Waals surface area contributed by atoms with Gasteiger partial charge in [0.1, 0.15) is 12.2 Å². The summed E-state index contributed by atoms with van der Waals surface area (Å²) in [6.07, 6.45) is 5.79. The Hall–Kier alpha value is -3.22. The molecule has 0 spiro atoms. The number of nitrogens with one attached hydrogen (secondary N) is 2. The van der Waals surface area contributed by atoms with E-state index in [1.54, 1.807) is 24.4 Å². The highest BCUT2D eigenvalue weighted by Gasteiger charge is 2.49. The fourth-order valence-electron chi connectivity index (χ4n) is 4.78. The van der Waals surface area contributed by atoms with Gasteiger partial charge in [0.2, 0.25) is 5.95 Å². The molecule has 0 radical (unpaired) electrons. The SMILES string of the molecule is N#Cc1cccc(-c2ccnc(N[C@H]3CO[C@H]4[C@@H]3OC[C@H]4OC(=O)NC3CCCCC3)n2)c1. The number of aromatic nitrogens is 2. The Labute approximate surface area is 192 Å². The quantitative estimate of drug-likeness (QED) is 0.715. The number of alkyl carbamates (subject to hydrolysis) is 1. The number of carbonyl (C=O) groups is 1. The molecule has 3 aliphatic rings. The first-order valence-corrected chi connectivity index (χ1v) is 11.5. The van der Waals surface area contributed by atoms with Crippen LogP contribution in [0.25, 0.3) is 11.3 Å². The molecule has 2 aromatic rings. The van der Waals surface area contributed by atoms with Gasteiger partial charge in [0, 0.05) is 17.8 Å². The number of nitriles is 1. The second-order valence-electron chi connectivity index (χ2n) is 8.73. The number of hydrogen-bond acceptors (Lipinski definition) is 8. The van der Waals surface area contributed by atoms with Crippen LogP contribution in [0.3, 0.4) is 0 Å². The molecule has 2 saturated heterocycles. The number of fused-ring (bicyclic) bond motifs is 1. The average molecular weight is 450 g/mol. The number of carbonyl (C=O) groups excluding carboxylic acids is 1. The van der Waals surface area contributed by atoms with Crippen LogP contribution in [0.2, 0.25) is 0 Å². The zero-order chi connectivity index (χ0) is 22.6. The average Bonchev–Trinajstić information content (AvgIpc) is 3.43. The van der Waals surface area contributed by atoms with Gasteiger partial charge < -0.3 is 24.8 Å². The molecule has 1 amide bonds. The van der Waals surface area contributed by atoms with E-state index in [1.165, 1.54) is 6.42 Å². The summed E-state index contributed by atoms with van der Waals surface area (Å²) in [5, 5.41) is 15.4. The van der Waals surface area contributed by atoms with Gasteiger partial charge in [-0.25, -0.2) is 14.8 Å². The first kappa shape index (κ1) is 21.6. The third kappa shape index (κ3) is 4.92. The minimum atomic E-state index is -0.439. The first-order valence-electron chi connectivity index (χ1n) is 11.5. The number of ether oxygens (including phenoxy) is 3. The van der Waals surface area contributed by atoms with Crippen LogP contribution in [-0.2, 0) is 14.2 Å². The molecule has 1 aromatic carbocycles. The summed E-state index contributed by atoms with van der Waals surface area (Å²) in [6.45, 7) is 0.699. The Morgan fingerprint density at radius 3 is 2.82 bits per heavy atom. The van der Waals surface area contributed by atoms with E-state index in [0.29, 0.717) is 30.4 Å². The van der Waals surface area contributed by atoms with Crippen LogP contribution in [-0.4, -0.2) is 59.7 Å². The number of hydrogen-bond donors (Lipinski definition) is 2. The van der Waals surface area contributed by atoms with E-state index >= 15 is 0 Å². The predicted molar refractivity (Wildman–Crippen MR) is 119 cm³/mol. The van der Waals surface area contributed by atoms with Crippen molar-refractivity contribution in [2.24, 2.45) is 0 Å². The smallest absolute Gasteiger partial charge is 0.407 e. The van der Waals surface area contributed by atoms with Gasteiger partial charge >= 0.3 is 6.09 Å². The second-order valence-corrected chi connectivity index (χ2v) is 8.73. The lowest BCUT2D eigenvalue weighted by molar-refractivity contribution is 0.00314. The molecule has 1 aromatic heterocycles. The largest absolute Gasteiger partial charge is 0.441 e. The van der Waals surface area contributed by atoms with Crippen LogP contribution in [0.4, 0.5) is 10.7 Å². The van der Waals surface area contributed by atoms with Crippen molar-refractivity contribution >= 4 is 12.0 Å². The summed E-state index contributed by atoms with van der Waals surface area (Å²) in [4.78, 5) is 21.3. The summed E-state index contributed by atoms with van der Waals surface area (Å²) in [7, 11) is 0. The predicted octanol–water partition coefficient (Wildman–Crippen LogP) is 3.02. The van der Waals surface area contributed by atoms with Crippen molar-refractivity contribution in [2.45, 2.75) is 62.5 Å². The standard InChI is InChI=1S/C24H27N5O4/c25-12-15-5-4-6-16(11-15)18-9-10-26-23(28-18)29-19-13-31-22-20(14-32-21(19)22)33-24(30)27-17-7-2-1-3-8-17/h4-6,9-11,17,19-22H,1-3,7-8,13-14H2,(H,27,30)(H,26,28,29)/t19-,20+,21+,22+/m0/s1. The van der Waals surface area contributed by atoms with Crippen LogP contribution in [0.5, 0.6) is 0 Å². The van der Waals surface area contributed by atoms with Crippen molar-refractivity contribution in [3.8, 4) is 17.3 Å². The van der Waals surface area contributed by atoms with E-state index in [-0.39, 0.29) is 24.3 Å². The maximum atomic E-state index is 12.3. The Morgan fingerprint density at radius 1 is 1.12 bits per heavy atom. The maximum absolute atomic E-state index is 12.3. The molecule has 5 rings (SSSR count). The van der Waals surface area contributed by atoms with Gasteiger partial charge in [-0.15, -0.1) is 0 Å². The molecule has 0 unspecified atom stereocenters. The monoisotopic (exact) mass is 449 g/mol. The molecule has 3 heterocycles. The molecule has 1 aliphatic carbocycles. The van der Waals surface area contributed by atoms with E-state index < -0.39 is 12.2 Å². The van der Waals surface area contributed by atoms with Gasteiger partial charge in [-0.3, -0.25) is 0 Å². The van der Waals surface area contributed by atoms with Crippen LogP contribution >= 0.6 is 0 Å². The van der Waals surface area contributed by atoms with Crippen molar-refractivity contribution in [1.82, 2.24) is 15.3 Å². The molecule has 2 aliphatic heterocycles. The number of nitrogens with zero attached hydrogens (tertiary/aromatic N) is 3. The highest BCUT2D eigenvalue weighted by Crippen LogP contribution is 2.31. The molecule has 9 heteroatoms. The number of amides is 1. The molecular weight excluding hydrogens is 422 g/mol. The van der Waals surface area contributed by atoms with E-state index in [2.05, 4.69) is 26.7 Å². The molecular formula is C24H27N5O4. The lowest BCUT2D eigenvalue weighted by atomic mass is 9.96. The number of rotatable bonds is 5. The summed E-state index contributed by atoms with van der Waals surface area (Å²) < 4.78 is 17.5. The first-order chi connectivity index (χ1) is 16.2. The zero-order valence-electron chi connectivity index (χ0n) is 18.3. The highest BCUT2D eigenvalue weighted by atomic mass is 16.6. The lowest BCUT2D eigenvalue weighted by Gasteiger charge is -2.24. The third-order valence-electron chi connectivity index (χ3n) is 6.45.